The Bertz CT molecular complexity index is 1120. The van der Waals surface area contributed by atoms with Crippen LogP contribution in [0, 0.1) is 0 Å². The van der Waals surface area contributed by atoms with Gasteiger partial charge in [-0.25, -0.2) is 0 Å². The zero-order chi connectivity index (χ0) is 48.3. The third-order valence-corrected chi connectivity index (χ3v) is 52.6. The SMILES string of the molecule is OCC(O)CNB(B(I)B(I)BBB(I)I)B(I)B(I)B(I)B(I)B(I)B(I)N(CC(O)CO)B(I)B(I)B(I)B(I)B(I)B(I)B(NCC(O)CO)B(I)B(I)BBB(I)I. The smallest absolute Gasteiger partial charge is 0.256 e. The number of hydrogen-bond donors (Lipinski definition) is 8. The molecule has 3 unspecified atom stereocenters. The summed E-state index contributed by atoms with van der Waals surface area (Å²) < 4.78 is 8.07. The van der Waals surface area contributed by atoms with Crippen molar-refractivity contribution in [2.75, 3.05) is 39.5 Å². The topological polar surface area (TPSA) is 149 Å². The molecule has 8 N–H and O–H groups in total. The van der Waals surface area contributed by atoms with Crippen molar-refractivity contribution in [3.63, 3.8) is 0 Å². The fourth-order valence-corrected chi connectivity index (χ4v) is 30.6. The van der Waals surface area contributed by atoms with Crippen molar-refractivity contribution in [2.24, 2.45) is 0 Å². The van der Waals surface area contributed by atoms with E-state index in [0.29, 0.717) is 59.1 Å². The van der Waals surface area contributed by atoms with Crippen LogP contribution in [0.3, 0.4) is 0 Å². The van der Waals surface area contributed by atoms with Crippen LogP contribution in [0.4, 0.5) is 0 Å². The molecule has 0 rings (SSSR count). The Balaban J connectivity index is 6.41. The lowest BCUT2D eigenvalue weighted by atomic mass is 8.83. The zero-order valence-corrected chi connectivity index (χ0v) is 75.2. The molecule has 62 heavy (non-hydrogen) atoms. The van der Waals surface area contributed by atoms with Crippen LogP contribution in [0.5, 0.6) is 0 Å². The second-order valence-electron chi connectivity index (χ2n) is 14.1. The maximum Gasteiger partial charge on any atom is 0.256 e. The number of nitrogens with one attached hydrogen (secondary N) is 2. The van der Waals surface area contributed by atoms with Crippen LogP contribution in [0.2, 0.25) is 0 Å². The molecule has 0 bridgehead atoms. The minimum atomic E-state index is -0.856. The highest BCUT2D eigenvalue weighted by Gasteiger charge is 2.55. The molecular weight excluding hydrogens is 3040 g/mol. The predicted molar refractivity (Wildman–Crippen MR) is 486 cm³/mol. The van der Waals surface area contributed by atoms with Gasteiger partial charge < -0.3 is 45.8 Å². The van der Waals surface area contributed by atoms with Crippen molar-refractivity contribution in [2.45, 2.75) is 18.3 Å². The quantitative estimate of drug-likeness (QED) is 0.0355. The average Bonchev–Trinajstić information content (AvgIpc) is 3.25. The number of rotatable bonds is 35. The molecule has 0 aliphatic rings. The summed E-state index contributed by atoms with van der Waals surface area (Å²) in [5, 5.41) is 68.3. The van der Waals surface area contributed by atoms with Crippen molar-refractivity contribution >= 4 is 564 Å². The summed E-state index contributed by atoms with van der Waals surface area (Å²) in [4.78, 5) is 0. The van der Waals surface area contributed by atoms with Gasteiger partial charge in [0.15, 0.2) is 74.2 Å². The fraction of sp³-hybridized carbons (Fsp3) is 1.00. The molecule has 9 nitrogen and oxygen atoms in total. The van der Waals surface area contributed by atoms with Crippen LogP contribution < -0.4 is 10.5 Å². The van der Waals surface area contributed by atoms with Crippen molar-refractivity contribution in [3.8, 4) is 0 Å². The van der Waals surface area contributed by atoms with Crippen molar-refractivity contribution < 1.29 is 30.6 Å². The summed E-state index contributed by atoms with van der Waals surface area (Å²) in [6, 6.07) is 0. The Labute approximate surface area is 649 Å². The summed E-state index contributed by atoms with van der Waals surface area (Å²) in [5.74, 6) is 0. The number of aliphatic hydroxyl groups is 6. The molecule has 3 atom stereocenters. The molecule has 0 saturated heterocycles. The highest BCUT2D eigenvalue weighted by atomic mass is 127. The maximum absolute atomic E-state index is 11.0. The van der Waals surface area contributed by atoms with Gasteiger partial charge in [-0.1, -0.05) is 0 Å². The highest BCUT2D eigenvalue weighted by Crippen LogP contribution is 2.32. The third-order valence-electron chi connectivity index (χ3n) is 9.21. The van der Waals surface area contributed by atoms with Crippen LogP contribution >= 0.6 is 447 Å². The lowest BCUT2D eigenvalue weighted by molar-refractivity contribution is 0.0891. The largest absolute Gasteiger partial charge is 0.394 e. The Morgan fingerprint density at radius 2 is 0.645 bits per heavy atom. The lowest BCUT2D eigenvalue weighted by Crippen LogP contribution is -2.70. The van der Waals surface area contributed by atoms with Crippen molar-refractivity contribution in [1.82, 2.24) is 15.2 Å². The van der Waals surface area contributed by atoms with Gasteiger partial charge in [0.05, 0.1) is 66.4 Å². The average molecular weight is 3070 g/mol. The monoisotopic (exact) mass is 3080 g/mol. The summed E-state index contributed by atoms with van der Waals surface area (Å²) in [7, 11) is 4.54. The minimum absolute atomic E-state index is 0.0729. The molecule has 0 aliphatic heterocycles. The molecule has 0 spiro atoms. The molecule has 0 aromatic rings. The molecule has 326 valence electrons. The van der Waals surface area contributed by atoms with Gasteiger partial charge in [-0.15, -0.1) is 134 Å². The van der Waals surface area contributed by atoms with Gasteiger partial charge in [-0.3, -0.25) is 0 Å². The van der Waals surface area contributed by atoms with Crippen LogP contribution in [0.25, 0.3) is 0 Å². The summed E-state index contributed by atoms with van der Waals surface area (Å²) in [5.41, 5.74) is 0. The molecule has 0 aromatic heterocycles. The maximum atomic E-state index is 11.0. The number of hydrogen-bond acceptors (Lipinski definition) is 9. The van der Waals surface area contributed by atoms with E-state index in [-0.39, 0.29) is 68.4 Å². The van der Waals surface area contributed by atoms with E-state index >= 15 is 0 Å². The van der Waals surface area contributed by atoms with Crippen LogP contribution in [0.1, 0.15) is 0 Å². The van der Waals surface area contributed by atoms with E-state index in [9.17, 15) is 30.6 Å². The van der Waals surface area contributed by atoms with E-state index in [1.807, 2.05) is 0 Å². The van der Waals surface area contributed by atoms with Crippen LogP contribution in [-0.4, -0.2) is 209 Å². The standard InChI is InChI=1S/C9H27B24I20N3O6/c34-14(10-12-16(36)37)18(40)30(54-1-7(60)4-57)26(48)22(44)20(42)24(46)28(50)32(52)56(3-9(62)6-59)33(53)29(51)25(47)21(43)23(45)27(49)31(55-2-8(61)5-58)19(41)15(35)11-13-17(38)39/h7-13,54-55,57-62H,1-6H2. The first-order valence-corrected chi connectivity index (χ1v) is 43.5. The molecule has 53 heteroatoms. The summed E-state index contributed by atoms with van der Waals surface area (Å²) in [6.45, 7) is 0.534. The molecule has 0 radical (unpaired) electrons. The zero-order valence-electron chi connectivity index (χ0n) is 32.0. The molecule has 0 fully saturated rings. The molecule has 0 saturated carbocycles. The van der Waals surface area contributed by atoms with E-state index < -0.39 is 18.3 Å². The van der Waals surface area contributed by atoms with E-state index in [4.69, 9.17) is 0 Å². The molecule has 0 aliphatic carbocycles. The van der Waals surface area contributed by atoms with E-state index in [2.05, 4.69) is 463 Å². The van der Waals surface area contributed by atoms with Gasteiger partial charge in [-0.2, -0.15) is 313 Å². The van der Waals surface area contributed by atoms with Gasteiger partial charge in [0, 0.05) is 19.6 Å². The van der Waals surface area contributed by atoms with Gasteiger partial charge in [0.25, 0.3) is 9.19 Å². The van der Waals surface area contributed by atoms with Gasteiger partial charge in [0.2, 0.25) is 4.63 Å². The van der Waals surface area contributed by atoms with E-state index in [0.717, 1.165) is 28.2 Å². The van der Waals surface area contributed by atoms with Crippen LogP contribution in [-0.2, 0) is 0 Å². The summed E-state index contributed by atoms with van der Waals surface area (Å²) >= 11 is 52.0. The third kappa shape index (κ3) is 30.6. The Morgan fingerprint density at radius 1 is 0.371 bits per heavy atom. The van der Waals surface area contributed by atoms with Gasteiger partial charge >= 0.3 is 0 Å². The fourth-order valence-electron chi connectivity index (χ4n) is 5.57. The minimum Gasteiger partial charge on any atom is -0.394 e. The first-order chi connectivity index (χ1) is 28.7. The van der Waals surface area contributed by atoms with Gasteiger partial charge in [0.1, 0.15) is 0 Å². The number of nitrogens with zero attached hydrogens (tertiary/aromatic N) is 1. The highest BCUT2D eigenvalue weighted by molar-refractivity contribution is 14.3. The molecule has 0 aromatic carbocycles. The normalized spacial score (nSPS) is 12.2. The van der Waals surface area contributed by atoms with E-state index in [1.165, 1.54) is 0 Å². The summed E-state index contributed by atoms with van der Waals surface area (Å²) in [6.07, 6.45) is -2.46. The van der Waals surface area contributed by atoms with Crippen molar-refractivity contribution in [3.05, 3.63) is 0 Å². The molecular formula is C9H27B24I20N3O6. The Morgan fingerprint density at radius 3 is 0.919 bits per heavy atom. The molecule has 0 amide bonds. The first kappa shape index (κ1) is 77.8. The predicted octanol–water partition coefficient (Wildman–Crippen LogP) is 2.86. The Hall–Kier alpha value is 15.8. The molecule has 0 heterocycles. The first-order valence-electron chi connectivity index (χ1n) is 18.6. The lowest BCUT2D eigenvalue weighted by Gasteiger charge is -2.37. The van der Waals surface area contributed by atoms with E-state index in [1.54, 1.807) is 0 Å². The number of aliphatic hydroxyl groups excluding tert-OH is 6. The van der Waals surface area contributed by atoms with Crippen LogP contribution in [0.15, 0.2) is 0 Å². The second kappa shape index (κ2) is 44.3. The number of halogens is 20. The second-order valence-corrected chi connectivity index (χ2v) is 47.9. The Kier molecular flexibility index (Phi) is 55.6. The van der Waals surface area contributed by atoms with Gasteiger partial charge in [-0.05, 0) is 0 Å². The van der Waals surface area contributed by atoms with Crippen molar-refractivity contribution in [1.29, 1.82) is 0 Å².